The van der Waals surface area contributed by atoms with Crippen LogP contribution in [0.3, 0.4) is 0 Å². The summed E-state index contributed by atoms with van der Waals surface area (Å²) in [5, 5.41) is 3.58. The SMILES string of the molecule is CCNC(c1ccncc1CC)c1ccccc1OCC. The minimum Gasteiger partial charge on any atom is -0.494 e. The lowest BCUT2D eigenvalue weighted by molar-refractivity contribution is 0.333. The van der Waals surface area contributed by atoms with Crippen LogP contribution in [0.5, 0.6) is 5.75 Å². The van der Waals surface area contributed by atoms with Gasteiger partial charge in [-0.25, -0.2) is 0 Å². The minimum absolute atomic E-state index is 0.135. The minimum atomic E-state index is 0.135. The monoisotopic (exact) mass is 284 g/mol. The lowest BCUT2D eigenvalue weighted by Crippen LogP contribution is -2.24. The standard InChI is InChI=1S/C18H24N2O/c1-4-14-13-19-12-11-15(14)18(20-5-2)16-9-7-8-10-17(16)21-6-3/h7-13,18,20H,4-6H2,1-3H3. The van der Waals surface area contributed by atoms with Crippen LogP contribution in [-0.4, -0.2) is 18.1 Å². The Morgan fingerprint density at radius 3 is 2.62 bits per heavy atom. The fraction of sp³-hybridized carbons (Fsp3) is 0.389. The van der Waals surface area contributed by atoms with Crippen LogP contribution >= 0.6 is 0 Å². The second kappa shape index (κ2) is 7.79. The van der Waals surface area contributed by atoms with E-state index in [9.17, 15) is 0 Å². The van der Waals surface area contributed by atoms with E-state index in [0.717, 1.165) is 18.7 Å². The molecule has 0 spiro atoms. The van der Waals surface area contributed by atoms with Crippen molar-refractivity contribution in [1.82, 2.24) is 10.3 Å². The van der Waals surface area contributed by atoms with Gasteiger partial charge in [-0.15, -0.1) is 0 Å². The maximum absolute atomic E-state index is 5.80. The maximum Gasteiger partial charge on any atom is 0.124 e. The average Bonchev–Trinajstić information content (AvgIpc) is 2.54. The Balaban J connectivity index is 2.48. The normalized spacial score (nSPS) is 12.1. The zero-order chi connectivity index (χ0) is 15.1. The number of rotatable bonds is 7. The number of aromatic nitrogens is 1. The molecule has 1 aromatic heterocycles. The number of nitrogens with zero attached hydrogens (tertiary/aromatic N) is 1. The van der Waals surface area contributed by atoms with Gasteiger partial charge >= 0.3 is 0 Å². The van der Waals surface area contributed by atoms with Crippen LogP contribution in [0.15, 0.2) is 42.7 Å². The van der Waals surface area contributed by atoms with E-state index >= 15 is 0 Å². The summed E-state index contributed by atoms with van der Waals surface area (Å²) in [5.74, 6) is 0.949. The average molecular weight is 284 g/mol. The predicted octanol–water partition coefficient (Wildman–Crippen LogP) is 3.74. The van der Waals surface area contributed by atoms with Gasteiger partial charge in [-0.1, -0.05) is 32.0 Å². The fourth-order valence-corrected chi connectivity index (χ4v) is 2.61. The van der Waals surface area contributed by atoms with Crippen molar-refractivity contribution < 1.29 is 4.74 Å². The van der Waals surface area contributed by atoms with Crippen molar-refractivity contribution in [3.63, 3.8) is 0 Å². The van der Waals surface area contributed by atoms with Crippen molar-refractivity contribution >= 4 is 0 Å². The molecule has 0 aliphatic rings. The molecule has 1 aromatic carbocycles. The van der Waals surface area contributed by atoms with E-state index in [2.05, 4.69) is 42.3 Å². The van der Waals surface area contributed by atoms with Gasteiger partial charge in [0.1, 0.15) is 5.75 Å². The quantitative estimate of drug-likeness (QED) is 0.841. The third kappa shape index (κ3) is 3.61. The largest absolute Gasteiger partial charge is 0.494 e. The zero-order valence-electron chi connectivity index (χ0n) is 13.1. The van der Waals surface area contributed by atoms with Crippen molar-refractivity contribution in [2.24, 2.45) is 0 Å². The molecule has 0 radical (unpaired) electrons. The summed E-state index contributed by atoms with van der Waals surface area (Å²) < 4.78 is 5.80. The van der Waals surface area contributed by atoms with E-state index in [4.69, 9.17) is 4.74 Å². The molecule has 21 heavy (non-hydrogen) atoms. The van der Waals surface area contributed by atoms with E-state index in [1.54, 1.807) is 0 Å². The summed E-state index contributed by atoms with van der Waals surface area (Å²) in [6.45, 7) is 7.88. The number of aryl methyl sites for hydroxylation is 1. The molecular weight excluding hydrogens is 260 g/mol. The van der Waals surface area contributed by atoms with Crippen molar-refractivity contribution in [1.29, 1.82) is 0 Å². The van der Waals surface area contributed by atoms with Crippen LogP contribution in [0.1, 0.15) is 43.5 Å². The molecule has 2 aromatic rings. The Hall–Kier alpha value is -1.87. The van der Waals surface area contributed by atoms with Crippen molar-refractivity contribution in [3.05, 3.63) is 59.4 Å². The second-order valence-electron chi connectivity index (χ2n) is 4.89. The molecule has 1 unspecified atom stereocenters. The molecule has 3 nitrogen and oxygen atoms in total. The summed E-state index contributed by atoms with van der Waals surface area (Å²) in [4.78, 5) is 4.25. The summed E-state index contributed by atoms with van der Waals surface area (Å²) in [7, 11) is 0. The molecule has 1 atom stereocenters. The van der Waals surface area contributed by atoms with Crippen LogP contribution in [-0.2, 0) is 6.42 Å². The van der Waals surface area contributed by atoms with Gasteiger partial charge in [-0.05, 0) is 43.1 Å². The number of para-hydroxylation sites is 1. The van der Waals surface area contributed by atoms with Gasteiger partial charge in [-0.2, -0.15) is 0 Å². The third-order valence-electron chi connectivity index (χ3n) is 3.57. The fourth-order valence-electron chi connectivity index (χ4n) is 2.61. The molecule has 0 saturated heterocycles. The number of hydrogen-bond donors (Lipinski definition) is 1. The Morgan fingerprint density at radius 2 is 1.90 bits per heavy atom. The Bertz CT molecular complexity index is 569. The van der Waals surface area contributed by atoms with Gasteiger partial charge in [0.25, 0.3) is 0 Å². The van der Waals surface area contributed by atoms with Crippen molar-refractivity contribution in [3.8, 4) is 5.75 Å². The van der Waals surface area contributed by atoms with Gasteiger partial charge in [0.2, 0.25) is 0 Å². The highest BCUT2D eigenvalue weighted by Crippen LogP contribution is 2.31. The lowest BCUT2D eigenvalue weighted by atomic mass is 9.94. The molecule has 112 valence electrons. The maximum atomic E-state index is 5.80. The van der Waals surface area contributed by atoms with Crippen molar-refractivity contribution in [2.75, 3.05) is 13.2 Å². The van der Waals surface area contributed by atoms with Crippen LogP contribution in [0.25, 0.3) is 0 Å². The topological polar surface area (TPSA) is 34.2 Å². The number of ether oxygens (including phenoxy) is 1. The highest BCUT2D eigenvalue weighted by Gasteiger charge is 2.19. The first-order valence-corrected chi connectivity index (χ1v) is 7.69. The molecule has 0 amide bonds. The molecule has 1 N–H and O–H groups in total. The predicted molar refractivity (Wildman–Crippen MR) is 86.7 cm³/mol. The number of hydrogen-bond acceptors (Lipinski definition) is 3. The van der Waals surface area contributed by atoms with Gasteiger partial charge in [0.05, 0.1) is 12.6 Å². The lowest BCUT2D eigenvalue weighted by Gasteiger charge is -2.23. The van der Waals surface area contributed by atoms with Gasteiger partial charge in [0, 0.05) is 18.0 Å². The molecule has 0 saturated carbocycles. The van der Waals surface area contributed by atoms with E-state index in [-0.39, 0.29) is 6.04 Å². The second-order valence-corrected chi connectivity index (χ2v) is 4.89. The molecule has 2 rings (SSSR count). The van der Waals surface area contributed by atoms with Crippen LogP contribution in [0.4, 0.5) is 0 Å². The first-order valence-electron chi connectivity index (χ1n) is 7.69. The first kappa shape index (κ1) is 15.5. The Morgan fingerprint density at radius 1 is 1.10 bits per heavy atom. The zero-order valence-corrected chi connectivity index (χ0v) is 13.1. The smallest absolute Gasteiger partial charge is 0.124 e. The molecule has 0 fully saturated rings. The van der Waals surface area contributed by atoms with E-state index in [0.29, 0.717) is 6.61 Å². The Labute approximate surface area is 127 Å². The van der Waals surface area contributed by atoms with E-state index in [1.165, 1.54) is 16.7 Å². The van der Waals surface area contributed by atoms with E-state index in [1.807, 2.05) is 31.5 Å². The summed E-state index contributed by atoms with van der Waals surface area (Å²) in [5.41, 5.74) is 3.73. The number of pyridine rings is 1. The van der Waals surface area contributed by atoms with Crippen molar-refractivity contribution in [2.45, 2.75) is 33.2 Å². The highest BCUT2D eigenvalue weighted by atomic mass is 16.5. The van der Waals surface area contributed by atoms with Gasteiger partial charge in [-0.3, -0.25) is 4.98 Å². The van der Waals surface area contributed by atoms with Gasteiger partial charge in [0.15, 0.2) is 0 Å². The van der Waals surface area contributed by atoms with Crippen LogP contribution in [0.2, 0.25) is 0 Å². The number of nitrogens with one attached hydrogen (secondary N) is 1. The van der Waals surface area contributed by atoms with Crippen LogP contribution < -0.4 is 10.1 Å². The molecule has 0 bridgehead atoms. The summed E-state index contributed by atoms with van der Waals surface area (Å²) >= 11 is 0. The third-order valence-corrected chi connectivity index (χ3v) is 3.57. The summed E-state index contributed by atoms with van der Waals surface area (Å²) in [6.07, 6.45) is 4.80. The summed E-state index contributed by atoms with van der Waals surface area (Å²) in [6, 6.07) is 10.5. The number of benzene rings is 1. The molecule has 0 aliphatic heterocycles. The molecule has 1 heterocycles. The van der Waals surface area contributed by atoms with E-state index < -0.39 is 0 Å². The molecule has 0 aliphatic carbocycles. The molecule has 3 heteroatoms. The van der Waals surface area contributed by atoms with Gasteiger partial charge < -0.3 is 10.1 Å². The van der Waals surface area contributed by atoms with Crippen LogP contribution in [0, 0.1) is 0 Å². The highest BCUT2D eigenvalue weighted by molar-refractivity contribution is 5.43. The Kier molecular flexibility index (Phi) is 5.76. The molecular formula is C18H24N2O. The first-order chi connectivity index (χ1) is 10.3.